The molecule has 0 aromatic heterocycles. The molecular formula is C23H20Cl2N2O4S. The summed E-state index contributed by atoms with van der Waals surface area (Å²) in [6.45, 7) is 0. The van der Waals surface area contributed by atoms with Crippen molar-refractivity contribution in [2.75, 3.05) is 30.6 Å². The minimum Gasteiger partial charge on any atom is -0.496 e. The van der Waals surface area contributed by atoms with Crippen molar-refractivity contribution in [1.82, 2.24) is 0 Å². The van der Waals surface area contributed by atoms with Crippen molar-refractivity contribution in [3.8, 4) is 11.5 Å². The average Bonchev–Trinajstić information content (AvgIpc) is 2.79. The fourth-order valence-electron chi connectivity index (χ4n) is 2.83. The number of carbonyl (C=O) groups is 2. The van der Waals surface area contributed by atoms with Crippen molar-refractivity contribution in [3.63, 3.8) is 0 Å². The third-order valence-corrected chi connectivity index (χ3v) is 5.90. The second-order valence-electron chi connectivity index (χ2n) is 6.48. The van der Waals surface area contributed by atoms with Crippen molar-refractivity contribution >= 4 is 58.2 Å². The lowest BCUT2D eigenvalue weighted by molar-refractivity contribution is -0.113. The van der Waals surface area contributed by atoms with Gasteiger partial charge in [0.2, 0.25) is 5.91 Å². The first-order valence-corrected chi connectivity index (χ1v) is 11.2. The van der Waals surface area contributed by atoms with Crippen LogP contribution < -0.4 is 20.1 Å². The molecule has 0 heterocycles. The lowest BCUT2D eigenvalue weighted by Gasteiger charge is -2.13. The summed E-state index contributed by atoms with van der Waals surface area (Å²) in [6, 6.07) is 17.2. The maximum Gasteiger partial charge on any atom is 0.263 e. The molecule has 9 heteroatoms. The lowest BCUT2D eigenvalue weighted by atomic mass is 10.1. The molecule has 0 radical (unpaired) electrons. The van der Waals surface area contributed by atoms with Crippen LogP contribution in [-0.4, -0.2) is 31.8 Å². The zero-order chi connectivity index (χ0) is 23.1. The number of carbonyl (C=O) groups excluding carboxylic acids is 2. The molecule has 0 aliphatic carbocycles. The Balaban J connectivity index is 1.58. The summed E-state index contributed by atoms with van der Waals surface area (Å²) in [5.74, 6) is 0.490. The summed E-state index contributed by atoms with van der Waals surface area (Å²) < 4.78 is 10.6. The Morgan fingerprint density at radius 1 is 0.906 bits per heavy atom. The van der Waals surface area contributed by atoms with Crippen LogP contribution in [0.15, 0.2) is 65.6 Å². The molecule has 0 aliphatic heterocycles. The van der Waals surface area contributed by atoms with Gasteiger partial charge in [0.25, 0.3) is 5.91 Å². The zero-order valence-electron chi connectivity index (χ0n) is 17.3. The normalized spacial score (nSPS) is 10.4. The molecule has 0 spiro atoms. The maximum atomic E-state index is 12.7. The van der Waals surface area contributed by atoms with E-state index in [0.29, 0.717) is 38.5 Å². The van der Waals surface area contributed by atoms with Gasteiger partial charge in [0.1, 0.15) is 17.1 Å². The van der Waals surface area contributed by atoms with Crippen molar-refractivity contribution in [2.24, 2.45) is 0 Å². The van der Waals surface area contributed by atoms with Crippen LogP contribution in [0.5, 0.6) is 11.5 Å². The minimum absolute atomic E-state index is 0.195. The predicted molar refractivity (Wildman–Crippen MR) is 130 cm³/mol. The molecule has 0 saturated carbocycles. The minimum atomic E-state index is -0.348. The van der Waals surface area contributed by atoms with E-state index in [1.165, 1.54) is 26.0 Å². The van der Waals surface area contributed by atoms with Gasteiger partial charge in [-0.15, -0.1) is 11.8 Å². The Kier molecular flexibility index (Phi) is 8.27. The summed E-state index contributed by atoms with van der Waals surface area (Å²) >= 11 is 13.3. The number of benzene rings is 3. The molecule has 2 N–H and O–H groups in total. The monoisotopic (exact) mass is 490 g/mol. The highest BCUT2D eigenvalue weighted by atomic mass is 35.5. The van der Waals surface area contributed by atoms with Gasteiger partial charge in [-0.3, -0.25) is 9.59 Å². The molecule has 0 saturated heterocycles. The molecular weight excluding hydrogens is 471 g/mol. The molecule has 2 amide bonds. The smallest absolute Gasteiger partial charge is 0.263 e. The first-order chi connectivity index (χ1) is 15.4. The van der Waals surface area contributed by atoms with E-state index in [-0.39, 0.29) is 17.6 Å². The maximum absolute atomic E-state index is 12.7. The highest BCUT2D eigenvalue weighted by molar-refractivity contribution is 8.00. The Morgan fingerprint density at radius 3 is 2.16 bits per heavy atom. The Hall–Kier alpha value is -2.87. The predicted octanol–water partition coefficient (Wildman–Crippen LogP) is 5.99. The zero-order valence-corrected chi connectivity index (χ0v) is 19.6. The number of amides is 2. The molecule has 0 unspecified atom stereocenters. The van der Waals surface area contributed by atoms with Crippen LogP contribution in [0.2, 0.25) is 10.0 Å². The van der Waals surface area contributed by atoms with E-state index in [4.69, 9.17) is 32.7 Å². The second kappa shape index (κ2) is 11.1. The number of hydrogen-bond acceptors (Lipinski definition) is 5. The van der Waals surface area contributed by atoms with Gasteiger partial charge in [-0.2, -0.15) is 0 Å². The van der Waals surface area contributed by atoms with Gasteiger partial charge in [0.15, 0.2) is 0 Å². The number of methoxy groups -OCH3 is 2. The van der Waals surface area contributed by atoms with Crippen molar-refractivity contribution < 1.29 is 19.1 Å². The van der Waals surface area contributed by atoms with Crippen LogP contribution in [0.3, 0.4) is 0 Å². The summed E-state index contributed by atoms with van der Waals surface area (Å²) in [7, 11) is 2.99. The van der Waals surface area contributed by atoms with Crippen LogP contribution in [-0.2, 0) is 4.79 Å². The van der Waals surface area contributed by atoms with Crippen molar-refractivity contribution in [3.05, 3.63) is 76.3 Å². The van der Waals surface area contributed by atoms with Gasteiger partial charge < -0.3 is 20.1 Å². The SMILES string of the molecule is COc1cccc(OC)c1C(=O)Nc1ccc(SCC(=O)Nc2ccc(Cl)cc2Cl)cc1. The van der Waals surface area contributed by atoms with Gasteiger partial charge >= 0.3 is 0 Å². The molecule has 0 atom stereocenters. The number of hydrogen-bond donors (Lipinski definition) is 2. The van der Waals surface area contributed by atoms with Crippen LogP contribution in [0.25, 0.3) is 0 Å². The highest BCUT2D eigenvalue weighted by Gasteiger charge is 2.18. The number of anilines is 2. The van der Waals surface area contributed by atoms with Gasteiger partial charge in [-0.1, -0.05) is 29.3 Å². The molecule has 6 nitrogen and oxygen atoms in total. The highest BCUT2D eigenvalue weighted by Crippen LogP contribution is 2.30. The van der Waals surface area contributed by atoms with Crippen LogP contribution in [0.4, 0.5) is 11.4 Å². The van der Waals surface area contributed by atoms with Gasteiger partial charge in [-0.25, -0.2) is 0 Å². The number of thioether (sulfide) groups is 1. The number of halogens is 2. The molecule has 3 rings (SSSR count). The van der Waals surface area contributed by atoms with E-state index >= 15 is 0 Å². The third-order valence-electron chi connectivity index (χ3n) is 4.34. The fourth-order valence-corrected chi connectivity index (χ4v) is 3.98. The first kappa shape index (κ1) is 23.8. The Morgan fingerprint density at radius 2 is 1.56 bits per heavy atom. The van der Waals surface area contributed by atoms with Gasteiger partial charge in [0, 0.05) is 15.6 Å². The summed E-state index contributed by atoms with van der Waals surface area (Å²) in [4.78, 5) is 25.8. The largest absolute Gasteiger partial charge is 0.496 e. The van der Waals surface area contributed by atoms with Crippen LogP contribution >= 0.6 is 35.0 Å². The molecule has 0 aliphatic rings. The molecule has 0 fully saturated rings. The molecule has 3 aromatic rings. The fraction of sp³-hybridized carbons (Fsp3) is 0.130. The van der Waals surface area contributed by atoms with Gasteiger partial charge in [-0.05, 0) is 54.6 Å². The van der Waals surface area contributed by atoms with Crippen LogP contribution in [0, 0.1) is 0 Å². The first-order valence-electron chi connectivity index (χ1n) is 9.41. The molecule has 3 aromatic carbocycles. The summed E-state index contributed by atoms with van der Waals surface area (Å²) in [5.41, 5.74) is 1.42. The van der Waals surface area contributed by atoms with Crippen molar-refractivity contribution in [1.29, 1.82) is 0 Å². The molecule has 0 bridgehead atoms. The summed E-state index contributed by atoms with van der Waals surface area (Å²) in [5, 5.41) is 6.46. The second-order valence-corrected chi connectivity index (χ2v) is 8.37. The van der Waals surface area contributed by atoms with E-state index in [1.807, 2.05) is 12.1 Å². The van der Waals surface area contributed by atoms with E-state index in [2.05, 4.69) is 10.6 Å². The number of nitrogens with one attached hydrogen (secondary N) is 2. The quantitative estimate of drug-likeness (QED) is 0.379. The average molecular weight is 491 g/mol. The van der Waals surface area contributed by atoms with E-state index in [9.17, 15) is 9.59 Å². The Bertz CT molecular complexity index is 1100. The van der Waals surface area contributed by atoms with Crippen molar-refractivity contribution in [2.45, 2.75) is 4.90 Å². The van der Waals surface area contributed by atoms with E-state index in [0.717, 1.165) is 4.90 Å². The molecule has 32 heavy (non-hydrogen) atoms. The topological polar surface area (TPSA) is 76.7 Å². The number of rotatable bonds is 8. The van der Waals surface area contributed by atoms with Gasteiger partial charge in [0.05, 0.1) is 30.7 Å². The lowest BCUT2D eigenvalue weighted by Crippen LogP contribution is -2.15. The van der Waals surface area contributed by atoms with Crippen LogP contribution in [0.1, 0.15) is 10.4 Å². The molecule has 166 valence electrons. The number of ether oxygens (including phenoxy) is 2. The third kappa shape index (κ3) is 6.09. The summed E-state index contributed by atoms with van der Waals surface area (Å²) in [6.07, 6.45) is 0. The van der Waals surface area contributed by atoms with E-state index < -0.39 is 0 Å². The Labute approximate surface area is 200 Å². The standard InChI is InChI=1S/C23H20Cl2N2O4S/c1-30-19-4-3-5-20(31-2)22(19)23(29)26-15-7-9-16(10-8-15)32-13-21(28)27-18-11-6-14(24)12-17(18)25/h3-12H,13H2,1-2H3,(H,26,29)(H,27,28). The van der Waals surface area contributed by atoms with E-state index in [1.54, 1.807) is 48.5 Å².